The van der Waals surface area contributed by atoms with Gasteiger partial charge in [0.15, 0.2) is 4.80 Å². The Morgan fingerprint density at radius 2 is 1.82 bits per heavy atom. The third-order valence-electron chi connectivity index (χ3n) is 5.50. The van der Waals surface area contributed by atoms with Gasteiger partial charge in [0.1, 0.15) is 17.6 Å². The van der Waals surface area contributed by atoms with Crippen LogP contribution in [0.4, 0.5) is 5.69 Å². The van der Waals surface area contributed by atoms with Crippen LogP contribution in [0.5, 0.6) is 0 Å². The summed E-state index contributed by atoms with van der Waals surface area (Å²) in [6.45, 7) is 3.60. The van der Waals surface area contributed by atoms with Crippen molar-refractivity contribution in [1.82, 2.24) is 4.57 Å². The maximum absolute atomic E-state index is 13.6. The van der Waals surface area contributed by atoms with Crippen molar-refractivity contribution in [3.05, 3.63) is 120 Å². The third kappa shape index (κ3) is 4.16. The molecule has 0 bridgehead atoms. The number of carbonyl (C=O) groups excluding carboxylic acids is 1. The van der Waals surface area contributed by atoms with Crippen LogP contribution >= 0.6 is 22.9 Å². The fraction of sp³-hybridized carbons (Fsp3) is 0.115. The molecule has 3 heterocycles. The summed E-state index contributed by atoms with van der Waals surface area (Å²) in [6.07, 6.45) is 1.80. The molecule has 1 atom stereocenters. The minimum Gasteiger partial charge on any atom is -0.464 e. The molecule has 5 rings (SSSR count). The summed E-state index contributed by atoms with van der Waals surface area (Å²) in [5, 5.41) is 3.54. The number of nitrogens with zero attached hydrogens (tertiary/aromatic N) is 2. The second-order valence-electron chi connectivity index (χ2n) is 7.90. The van der Waals surface area contributed by atoms with Gasteiger partial charge in [0.05, 0.1) is 15.8 Å². The lowest BCUT2D eigenvalue weighted by atomic mass is 10.00. The summed E-state index contributed by atoms with van der Waals surface area (Å²) >= 11 is 7.27. The van der Waals surface area contributed by atoms with Gasteiger partial charge in [0.25, 0.3) is 11.5 Å². The number of carbonyl (C=O) groups is 1. The largest absolute Gasteiger partial charge is 0.464 e. The predicted molar refractivity (Wildman–Crippen MR) is 134 cm³/mol. The van der Waals surface area contributed by atoms with Crippen LogP contribution < -0.4 is 20.2 Å². The zero-order chi connectivity index (χ0) is 23.8. The van der Waals surface area contributed by atoms with Crippen molar-refractivity contribution < 1.29 is 9.21 Å². The van der Waals surface area contributed by atoms with E-state index in [1.807, 2.05) is 43.3 Å². The number of benzene rings is 2. The number of anilines is 1. The van der Waals surface area contributed by atoms with Gasteiger partial charge in [-0.1, -0.05) is 53.3 Å². The third-order valence-corrected chi connectivity index (χ3v) is 6.73. The highest BCUT2D eigenvalue weighted by molar-refractivity contribution is 7.07. The van der Waals surface area contributed by atoms with Crippen molar-refractivity contribution >= 4 is 40.6 Å². The predicted octanol–water partition coefficient (Wildman–Crippen LogP) is 4.43. The molecular formula is C26H20ClN3O3S. The average molecular weight is 490 g/mol. The molecule has 0 spiro atoms. The number of amides is 1. The van der Waals surface area contributed by atoms with Gasteiger partial charge in [0.2, 0.25) is 0 Å². The van der Waals surface area contributed by atoms with E-state index in [0.29, 0.717) is 42.8 Å². The summed E-state index contributed by atoms with van der Waals surface area (Å²) in [5.41, 5.74) is 2.16. The first-order valence-corrected chi connectivity index (χ1v) is 11.8. The molecule has 1 aliphatic rings. The molecule has 1 N–H and O–H groups in total. The minimum absolute atomic E-state index is 0.240. The fourth-order valence-corrected chi connectivity index (χ4v) is 5.08. The molecule has 0 saturated carbocycles. The highest BCUT2D eigenvalue weighted by Gasteiger charge is 2.34. The molecule has 0 radical (unpaired) electrons. The van der Waals surface area contributed by atoms with Crippen LogP contribution in [-0.2, 0) is 4.79 Å². The fourth-order valence-electron chi connectivity index (χ4n) is 3.91. The summed E-state index contributed by atoms with van der Waals surface area (Å²) in [4.78, 5) is 32.1. The molecule has 1 unspecified atom stereocenters. The van der Waals surface area contributed by atoms with Crippen LogP contribution in [0.1, 0.15) is 30.0 Å². The number of thiazole rings is 1. The molecule has 0 saturated heterocycles. The average Bonchev–Trinajstić information content (AvgIpc) is 3.38. The van der Waals surface area contributed by atoms with Crippen LogP contribution in [-0.4, -0.2) is 10.5 Å². The van der Waals surface area contributed by atoms with Crippen LogP contribution in [0.25, 0.3) is 6.08 Å². The monoisotopic (exact) mass is 489 g/mol. The number of nitrogens with one attached hydrogen (secondary N) is 1. The molecule has 0 aliphatic carbocycles. The molecule has 1 amide bonds. The lowest BCUT2D eigenvalue weighted by Crippen LogP contribution is -2.40. The zero-order valence-electron chi connectivity index (χ0n) is 18.4. The van der Waals surface area contributed by atoms with E-state index in [4.69, 9.17) is 16.0 Å². The number of halogens is 1. The zero-order valence-corrected chi connectivity index (χ0v) is 20.0. The van der Waals surface area contributed by atoms with Crippen LogP contribution in [0.3, 0.4) is 0 Å². The molecule has 170 valence electrons. The van der Waals surface area contributed by atoms with Gasteiger partial charge in [-0.15, -0.1) is 0 Å². The summed E-state index contributed by atoms with van der Waals surface area (Å²) in [5.74, 6) is 0.860. The maximum Gasteiger partial charge on any atom is 0.271 e. The normalized spacial score (nSPS) is 15.7. The molecule has 4 aromatic rings. The first-order chi connectivity index (χ1) is 16.4. The van der Waals surface area contributed by atoms with Crippen molar-refractivity contribution in [1.29, 1.82) is 0 Å². The van der Waals surface area contributed by atoms with Crippen molar-refractivity contribution in [2.24, 2.45) is 4.99 Å². The van der Waals surface area contributed by atoms with Crippen LogP contribution in [0.15, 0.2) is 92.2 Å². The Bertz CT molecular complexity index is 1600. The van der Waals surface area contributed by atoms with Gasteiger partial charge in [-0.05, 0) is 61.9 Å². The van der Waals surface area contributed by atoms with Crippen LogP contribution in [0, 0.1) is 6.92 Å². The Kier molecular flexibility index (Phi) is 5.81. The van der Waals surface area contributed by atoms with Crippen molar-refractivity contribution in [2.45, 2.75) is 19.9 Å². The van der Waals surface area contributed by atoms with E-state index in [0.717, 1.165) is 5.56 Å². The van der Waals surface area contributed by atoms with Gasteiger partial charge in [-0.2, -0.15) is 0 Å². The first-order valence-electron chi connectivity index (χ1n) is 10.6. The summed E-state index contributed by atoms with van der Waals surface area (Å²) in [6, 6.07) is 19.3. The number of furan rings is 1. The Morgan fingerprint density at radius 1 is 1.09 bits per heavy atom. The molecule has 2 aromatic heterocycles. The maximum atomic E-state index is 13.6. The highest BCUT2D eigenvalue weighted by Crippen LogP contribution is 2.31. The first kappa shape index (κ1) is 22.1. The minimum atomic E-state index is -0.735. The van der Waals surface area contributed by atoms with E-state index >= 15 is 0 Å². The van der Waals surface area contributed by atoms with Gasteiger partial charge < -0.3 is 9.73 Å². The Morgan fingerprint density at radius 3 is 2.50 bits per heavy atom. The Hall–Kier alpha value is -3.68. The SMILES string of the molecule is CC1=C(C(=O)Nc2ccccc2)C(c2ccc(C)o2)n2c(s/c(=C\c3ccc(Cl)cc3)c2=O)=N1. The number of fused-ring (bicyclic) bond motifs is 1. The van der Waals surface area contributed by atoms with E-state index in [9.17, 15) is 9.59 Å². The summed E-state index contributed by atoms with van der Waals surface area (Å²) < 4.78 is 7.96. The van der Waals surface area contributed by atoms with E-state index in [1.165, 1.54) is 15.9 Å². The molecule has 2 aromatic carbocycles. The molecule has 1 aliphatic heterocycles. The van der Waals surface area contributed by atoms with Gasteiger partial charge in [-0.25, -0.2) is 4.99 Å². The number of para-hydroxylation sites is 1. The van der Waals surface area contributed by atoms with E-state index in [-0.39, 0.29) is 11.5 Å². The van der Waals surface area contributed by atoms with E-state index < -0.39 is 6.04 Å². The van der Waals surface area contributed by atoms with Crippen molar-refractivity contribution in [3.63, 3.8) is 0 Å². The number of hydrogen-bond donors (Lipinski definition) is 1. The number of allylic oxidation sites excluding steroid dienone is 1. The smallest absolute Gasteiger partial charge is 0.271 e. The molecule has 8 heteroatoms. The van der Waals surface area contributed by atoms with Gasteiger partial charge >= 0.3 is 0 Å². The second-order valence-corrected chi connectivity index (χ2v) is 9.35. The lowest BCUT2D eigenvalue weighted by molar-refractivity contribution is -0.113. The highest BCUT2D eigenvalue weighted by atomic mass is 35.5. The standard InChI is InChI=1S/C26H20ClN3O3S/c1-15-8-13-20(33-15)23-22(24(31)29-19-6-4-3-5-7-19)16(2)28-26-30(23)25(32)21(34-26)14-17-9-11-18(27)12-10-17/h3-14,23H,1-2H3,(H,29,31)/b21-14-. The van der Waals surface area contributed by atoms with Gasteiger partial charge in [-0.3, -0.25) is 14.2 Å². The topological polar surface area (TPSA) is 76.6 Å². The quantitative estimate of drug-likeness (QED) is 0.460. The second kappa shape index (κ2) is 8.93. The van der Waals surface area contributed by atoms with Crippen LogP contribution in [0.2, 0.25) is 5.02 Å². The lowest BCUT2D eigenvalue weighted by Gasteiger charge is -2.23. The number of aryl methyl sites for hydroxylation is 1. The summed E-state index contributed by atoms with van der Waals surface area (Å²) in [7, 11) is 0. The number of rotatable bonds is 4. The number of hydrogen-bond acceptors (Lipinski definition) is 5. The Balaban J connectivity index is 1.66. The Labute approximate surface area is 204 Å². The van der Waals surface area contributed by atoms with Crippen molar-refractivity contribution in [3.8, 4) is 0 Å². The van der Waals surface area contributed by atoms with Gasteiger partial charge in [0, 0.05) is 10.7 Å². The molecule has 0 fully saturated rings. The van der Waals surface area contributed by atoms with E-state index in [1.54, 1.807) is 43.3 Å². The molecular weight excluding hydrogens is 470 g/mol. The molecule has 6 nitrogen and oxygen atoms in total. The van der Waals surface area contributed by atoms with E-state index in [2.05, 4.69) is 10.3 Å². The van der Waals surface area contributed by atoms with Crippen molar-refractivity contribution in [2.75, 3.05) is 5.32 Å². The molecule has 34 heavy (non-hydrogen) atoms. The number of aromatic nitrogens is 1.